The molecule has 0 aromatic heterocycles. The molecule has 8 nitrogen and oxygen atoms in total. The van der Waals surface area contributed by atoms with Crippen molar-refractivity contribution < 1.29 is 18.3 Å². The van der Waals surface area contributed by atoms with E-state index in [-0.39, 0.29) is 18.1 Å². The second kappa shape index (κ2) is 11.3. The molecule has 2 N–H and O–H groups in total. The Bertz CT molecular complexity index is 728. The van der Waals surface area contributed by atoms with E-state index in [1.807, 2.05) is 37.2 Å². The molecule has 1 aliphatic heterocycles. The Morgan fingerprint density at radius 3 is 2.71 bits per heavy atom. The van der Waals surface area contributed by atoms with Crippen LogP contribution in [-0.4, -0.2) is 89.5 Å². The number of aliphatic hydroxyl groups is 1. The van der Waals surface area contributed by atoms with Crippen LogP contribution in [0.15, 0.2) is 33.5 Å². The SMILES string of the molecule is CN=CC1(C)C=C(N(C)CCS(=O)(=O)CCO)NC(=NCCCOC)C=C1C. The Kier molecular flexibility index (Phi) is 9.84. The van der Waals surface area contributed by atoms with Crippen LogP contribution in [0.4, 0.5) is 0 Å². The third kappa shape index (κ3) is 7.73. The summed E-state index contributed by atoms with van der Waals surface area (Å²) >= 11 is 0. The van der Waals surface area contributed by atoms with E-state index in [0.717, 1.165) is 23.7 Å². The maximum absolute atomic E-state index is 11.9. The standard InChI is InChI=1S/C19H34N4O4S/c1-16-13-17(21-7-6-10-27-5)22-18(14-19(16,2)15-20-3)23(4)8-11-28(25,26)12-9-24/h13-15,24H,6-12H2,1-5H3,(H,21,22). The number of aliphatic imine (C=N–C) groups is 2. The molecule has 0 aromatic rings. The Hall–Kier alpha value is -1.71. The Morgan fingerprint density at radius 1 is 1.39 bits per heavy atom. The summed E-state index contributed by atoms with van der Waals surface area (Å²) in [5.41, 5.74) is 0.659. The molecule has 0 aromatic carbocycles. The first-order valence-corrected chi connectivity index (χ1v) is 11.2. The minimum absolute atomic E-state index is 0.0333. The van der Waals surface area contributed by atoms with Crippen molar-refractivity contribution in [1.29, 1.82) is 0 Å². The van der Waals surface area contributed by atoms with E-state index >= 15 is 0 Å². The minimum Gasteiger partial charge on any atom is -0.395 e. The molecular formula is C19H34N4O4S. The Balaban J connectivity index is 3.08. The van der Waals surface area contributed by atoms with Gasteiger partial charge in [-0.05, 0) is 32.4 Å². The summed E-state index contributed by atoms with van der Waals surface area (Å²) in [6.45, 7) is 5.29. The highest BCUT2D eigenvalue weighted by atomic mass is 32.2. The average Bonchev–Trinajstić information content (AvgIpc) is 2.74. The third-order valence-electron chi connectivity index (χ3n) is 4.63. The van der Waals surface area contributed by atoms with Gasteiger partial charge in [-0.2, -0.15) is 0 Å². The van der Waals surface area contributed by atoms with Crippen LogP contribution in [-0.2, 0) is 14.6 Å². The van der Waals surface area contributed by atoms with E-state index in [4.69, 9.17) is 9.84 Å². The molecule has 160 valence electrons. The summed E-state index contributed by atoms with van der Waals surface area (Å²) in [6, 6.07) is 0. The highest BCUT2D eigenvalue weighted by Crippen LogP contribution is 2.30. The maximum atomic E-state index is 11.9. The van der Waals surface area contributed by atoms with E-state index < -0.39 is 15.3 Å². The lowest BCUT2D eigenvalue weighted by Crippen LogP contribution is -2.35. The lowest BCUT2D eigenvalue weighted by molar-refractivity contribution is 0.197. The molecule has 28 heavy (non-hydrogen) atoms. The van der Waals surface area contributed by atoms with Crippen LogP contribution >= 0.6 is 0 Å². The number of hydrogen-bond donors (Lipinski definition) is 2. The van der Waals surface area contributed by atoms with E-state index in [1.54, 1.807) is 14.2 Å². The number of methoxy groups -OCH3 is 1. The van der Waals surface area contributed by atoms with Gasteiger partial charge in [-0.15, -0.1) is 0 Å². The number of hydrogen-bond acceptors (Lipinski definition) is 7. The molecule has 1 aliphatic rings. The smallest absolute Gasteiger partial charge is 0.154 e. The lowest BCUT2D eigenvalue weighted by atomic mass is 9.84. The normalized spacial score (nSPS) is 22.0. The van der Waals surface area contributed by atoms with Gasteiger partial charge in [0.05, 0.1) is 18.1 Å². The Morgan fingerprint density at radius 2 is 2.11 bits per heavy atom. The topological polar surface area (TPSA) is 104 Å². The van der Waals surface area contributed by atoms with Crippen molar-refractivity contribution in [2.24, 2.45) is 15.4 Å². The van der Waals surface area contributed by atoms with Gasteiger partial charge in [0, 0.05) is 52.5 Å². The maximum Gasteiger partial charge on any atom is 0.154 e. The number of nitrogens with one attached hydrogen (secondary N) is 1. The fourth-order valence-corrected chi connectivity index (χ4v) is 3.74. The van der Waals surface area contributed by atoms with Crippen molar-refractivity contribution in [3.8, 4) is 0 Å². The summed E-state index contributed by atoms with van der Waals surface area (Å²) in [4.78, 5) is 10.7. The van der Waals surface area contributed by atoms with Gasteiger partial charge in [0.25, 0.3) is 0 Å². The Labute approximate surface area is 169 Å². The monoisotopic (exact) mass is 414 g/mol. The molecule has 0 bridgehead atoms. The zero-order valence-electron chi connectivity index (χ0n) is 17.6. The average molecular weight is 415 g/mol. The zero-order valence-corrected chi connectivity index (χ0v) is 18.4. The molecule has 0 radical (unpaired) electrons. The molecule has 0 saturated carbocycles. The first-order valence-electron chi connectivity index (χ1n) is 9.35. The highest BCUT2D eigenvalue weighted by Gasteiger charge is 2.27. The molecule has 0 spiro atoms. The first kappa shape index (κ1) is 24.3. The molecule has 1 heterocycles. The van der Waals surface area contributed by atoms with Gasteiger partial charge in [0.1, 0.15) is 11.7 Å². The van der Waals surface area contributed by atoms with Crippen molar-refractivity contribution >= 4 is 21.9 Å². The van der Waals surface area contributed by atoms with E-state index in [9.17, 15) is 8.42 Å². The predicted molar refractivity (Wildman–Crippen MR) is 115 cm³/mol. The van der Waals surface area contributed by atoms with Crippen molar-refractivity contribution in [1.82, 2.24) is 10.2 Å². The predicted octanol–water partition coefficient (Wildman–Crippen LogP) is 0.858. The van der Waals surface area contributed by atoms with Crippen LogP contribution in [0, 0.1) is 5.41 Å². The summed E-state index contributed by atoms with van der Waals surface area (Å²) in [5, 5.41) is 12.2. The molecule has 0 saturated heterocycles. The molecule has 0 fully saturated rings. The van der Waals surface area contributed by atoms with E-state index in [2.05, 4.69) is 22.2 Å². The van der Waals surface area contributed by atoms with Crippen molar-refractivity contribution in [2.75, 3.05) is 59.0 Å². The number of aliphatic hydroxyl groups excluding tert-OH is 1. The summed E-state index contributed by atoms with van der Waals surface area (Å²) in [7, 11) is 1.94. The number of amidine groups is 1. The first-order chi connectivity index (χ1) is 13.2. The second-order valence-electron chi connectivity index (χ2n) is 7.06. The third-order valence-corrected chi connectivity index (χ3v) is 6.24. The van der Waals surface area contributed by atoms with Gasteiger partial charge in [-0.1, -0.05) is 5.57 Å². The molecule has 0 aliphatic carbocycles. The number of sulfone groups is 1. The molecule has 1 rings (SSSR count). The fraction of sp³-hybridized carbons (Fsp3) is 0.684. The quantitative estimate of drug-likeness (QED) is 0.384. The van der Waals surface area contributed by atoms with Gasteiger partial charge in [-0.3, -0.25) is 9.98 Å². The molecule has 0 amide bonds. The number of nitrogens with zero attached hydrogens (tertiary/aromatic N) is 3. The van der Waals surface area contributed by atoms with Crippen LogP contribution < -0.4 is 5.32 Å². The van der Waals surface area contributed by atoms with Gasteiger partial charge in [0.2, 0.25) is 0 Å². The van der Waals surface area contributed by atoms with Crippen molar-refractivity contribution in [3.05, 3.63) is 23.5 Å². The summed E-state index contributed by atoms with van der Waals surface area (Å²) in [5.74, 6) is 1.23. The molecule has 1 unspecified atom stereocenters. The van der Waals surface area contributed by atoms with Crippen LogP contribution in [0.2, 0.25) is 0 Å². The van der Waals surface area contributed by atoms with Crippen molar-refractivity contribution in [3.63, 3.8) is 0 Å². The molecule has 1 atom stereocenters. The van der Waals surface area contributed by atoms with Crippen LogP contribution in [0.5, 0.6) is 0 Å². The van der Waals surface area contributed by atoms with E-state index in [1.165, 1.54) is 0 Å². The molecular weight excluding hydrogens is 380 g/mol. The van der Waals surface area contributed by atoms with E-state index in [0.29, 0.717) is 19.7 Å². The largest absolute Gasteiger partial charge is 0.395 e. The van der Waals surface area contributed by atoms with Crippen LogP contribution in [0.1, 0.15) is 20.3 Å². The second-order valence-corrected chi connectivity index (χ2v) is 9.37. The molecule has 9 heteroatoms. The number of ether oxygens (including phenoxy) is 1. The van der Waals surface area contributed by atoms with Crippen LogP contribution in [0.3, 0.4) is 0 Å². The summed E-state index contributed by atoms with van der Waals surface area (Å²) < 4.78 is 29.0. The van der Waals surface area contributed by atoms with Gasteiger partial charge < -0.3 is 20.1 Å². The van der Waals surface area contributed by atoms with Crippen molar-refractivity contribution in [2.45, 2.75) is 20.3 Å². The van der Waals surface area contributed by atoms with Crippen LogP contribution in [0.25, 0.3) is 0 Å². The summed E-state index contributed by atoms with van der Waals surface area (Å²) in [6.07, 6.45) is 6.71. The zero-order chi connectivity index (χ0) is 21.2. The van der Waals surface area contributed by atoms with Gasteiger partial charge in [-0.25, -0.2) is 8.42 Å². The number of allylic oxidation sites excluding steroid dienone is 2. The highest BCUT2D eigenvalue weighted by molar-refractivity contribution is 7.91. The van der Waals surface area contributed by atoms with Gasteiger partial charge in [0.15, 0.2) is 9.84 Å². The number of rotatable bonds is 11. The lowest BCUT2D eigenvalue weighted by Gasteiger charge is -2.26. The fourth-order valence-electron chi connectivity index (χ4n) is 2.71. The minimum atomic E-state index is -3.29. The van der Waals surface area contributed by atoms with Gasteiger partial charge >= 0.3 is 0 Å².